The number of nitrogens with one attached hydrogen (secondary N) is 1. The lowest BCUT2D eigenvalue weighted by Gasteiger charge is -2.43. The maximum absolute atomic E-state index is 5.71. The number of rotatable bonds is 5. The lowest BCUT2D eigenvalue weighted by atomic mass is 9.78. The van der Waals surface area contributed by atoms with Crippen molar-refractivity contribution in [3.05, 3.63) is 0 Å². The Balaban J connectivity index is 1.52. The van der Waals surface area contributed by atoms with Crippen molar-refractivity contribution in [2.45, 2.75) is 69.4 Å². The van der Waals surface area contributed by atoms with E-state index in [1.54, 1.807) is 0 Å². The van der Waals surface area contributed by atoms with Crippen LogP contribution in [0.5, 0.6) is 0 Å². The van der Waals surface area contributed by atoms with Gasteiger partial charge in [-0.1, -0.05) is 12.8 Å². The summed E-state index contributed by atoms with van der Waals surface area (Å²) < 4.78 is 5.71. The first-order valence-electron chi connectivity index (χ1n) is 7.61. The summed E-state index contributed by atoms with van der Waals surface area (Å²) in [5.41, 5.74) is 0.200. The molecule has 3 aliphatic carbocycles. The molecule has 0 aliphatic heterocycles. The van der Waals surface area contributed by atoms with Gasteiger partial charge in [-0.2, -0.15) is 0 Å². The molecule has 0 aromatic rings. The van der Waals surface area contributed by atoms with Gasteiger partial charge < -0.3 is 10.1 Å². The molecule has 0 aromatic heterocycles. The Hall–Kier alpha value is -0.0800. The van der Waals surface area contributed by atoms with Gasteiger partial charge in [0.15, 0.2) is 0 Å². The third-order valence-corrected chi connectivity index (χ3v) is 5.43. The van der Waals surface area contributed by atoms with Gasteiger partial charge in [0.2, 0.25) is 0 Å². The van der Waals surface area contributed by atoms with Crippen LogP contribution >= 0.6 is 0 Å². The highest BCUT2D eigenvalue weighted by Gasteiger charge is 2.41. The van der Waals surface area contributed by atoms with Crippen LogP contribution in [0, 0.1) is 11.8 Å². The summed E-state index contributed by atoms with van der Waals surface area (Å²) in [7, 11) is 1.89. The second kappa shape index (κ2) is 4.89. The largest absolute Gasteiger partial charge is 0.377 e. The molecule has 2 atom stereocenters. The van der Waals surface area contributed by atoms with Gasteiger partial charge in [0.05, 0.1) is 5.60 Å². The number of hydrogen-bond donors (Lipinski definition) is 1. The Labute approximate surface area is 105 Å². The summed E-state index contributed by atoms with van der Waals surface area (Å²) in [5, 5.41) is 3.86. The molecule has 3 saturated carbocycles. The first-order chi connectivity index (χ1) is 8.33. The third kappa shape index (κ3) is 2.53. The fraction of sp³-hybridized carbons (Fsp3) is 1.00. The average molecular weight is 237 g/mol. The van der Waals surface area contributed by atoms with Crippen molar-refractivity contribution in [1.29, 1.82) is 0 Å². The van der Waals surface area contributed by atoms with Gasteiger partial charge in [-0.05, 0) is 56.8 Å². The van der Waals surface area contributed by atoms with Gasteiger partial charge in [-0.3, -0.25) is 0 Å². The molecule has 0 saturated heterocycles. The fourth-order valence-electron chi connectivity index (χ4n) is 3.84. The zero-order valence-electron chi connectivity index (χ0n) is 11.2. The summed E-state index contributed by atoms with van der Waals surface area (Å²) >= 11 is 0. The van der Waals surface area contributed by atoms with E-state index in [0.29, 0.717) is 0 Å². The Morgan fingerprint density at radius 3 is 2.41 bits per heavy atom. The zero-order valence-corrected chi connectivity index (χ0v) is 11.2. The van der Waals surface area contributed by atoms with E-state index in [2.05, 4.69) is 5.32 Å². The van der Waals surface area contributed by atoms with Gasteiger partial charge in [0, 0.05) is 19.7 Å². The molecule has 0 bridgehead atoms. The van der Waals surface area contributed by atoms with Crippen molar-refractivity contribution in [1.82, 2.24) is 5.32 Å². The molecule has 3 rings (SSSR count). The van der Waals surface area contributed by atoms with Crippen molar-refractivity contribution in [3.8, 4) is 0 Å². The minimum absolute atomic E-state index is 0.200. The maximum Gasteiger partial charge on any atom is 0.0802 e. The second-order valence-corrected chi connectivity index (χ2v) is 6.51. The van der Waals surface area contributed by atoms with Crippen molar-refractivity contribution in [3.63, 3.8) is 0 Å². The molecule has 2 nitrogen and oxygen atoms in total. The molecule has 0 radical (unpaired) electrons. The summed E-state index contributed by atoms with van der Waals surface area (Å²) in [6, 6.07) is 0.795. The fourth-order valence-corrected chi connectivity index (χ4v) is 3.84. The van der Waals surface area contributed by atoms with Gasteiger partial charge >= 0.3 is 0 Å². The minimum atomic E-state index is 0.200. The van der Waals surface area contributed by atoms with Crippen molar-refractivity contribution < 1.29 is 4.74 Å². The molecular weight excluding hydrogens is 210 g/mol. The molecule has 0 heterocycles. The van der Waals surface area contributed by atoms with Gasteiger partial charge in [0.1, 0.15) is 0 Å². The normalized spacial score (nSPS) is 36.5. The van der Waals surface area contributed by atoms with Crippen molar-refractivity contribution in [2.24, 2.45) is 11.8 Å². The molecule has 0 amide bonds. The van der Waals surface area contributed by atoms with Crippen LogP contribution in [0.15, 0.2) is 0 Å². The minimum Gasteiger partial charge on any atom is -0.377 e. The van der Waals surface area contributed by atoms with E-state index in [9.17, 15) is 0 Å². The first-order valence-corrected chi connectivity index (χ1v) is 7.61. The van der Waals surface area contributed by atoms with Crippen molar-refractivity contribution in [2.75, 3.05) is 13.7 Å². The zero-order chi connectivity index (χ0) is 11.7. The molecule has 2 unspecified atom stereocenters. The lowest BCUT2D eigenvalue weighted by molar-refractivity contribution is -0.0726. The monoisotopic (exact) mass is 237 g/mol. The Kier molecular flexibility index (Phi) is 3.45. The molecule has 3 fully saturated rings. The van der Waals surface area contributed by atoms with Gasteiger partial charge in [0.25, 0.3) is 0 Å². The molecule has 98 valence electrons. The smallest absolute Gasteiger partial charge is 0.0802 e. The molecule has 0 aromatic carbocycles. The van der Waals surface area contributed by atoms with Crippen LogP contribution in [-0.2, 0) is 4.74 Å². The Bertz CT molecular complexity index is 252. The predicted octanol–water partition coefficient (Wildman–Crippen LogP) is 3.11. The van der Waals surface area contributed by atoms with Crippen LogP contribution in [-0.4, -0.2) is 25.3 Å². The van der Waals surface area contributed by atoms with Gasteiger partial charge in [-0.25, -0.2) is 0 Å². The molecule has 2 heteroatoms. The summed E-state index contributed by atoms with van der Waals surface area (Å²) in [6.07, 6.45) is 12.6. The predicted molar refractivity (Wildman–Crippen MR) is 70.1 cm³/mol. The summed E-state index contributed by atoms with van der Waals surface area (Å²) in [4.78, 5) is 0. The Morgan fingerprint density at radius 1 is 1.06 bits per heavy atom. The standard InChI is InChI=1S/C15H27NO/c1-17-15(9-4-10-15)11-16-14-6-3-2-5-13(14)12-7-8-12/h12-14,16H,2-11H2,1H3. The highest BCUT2D eigenvalue weighted by atomic mass is 16.5. The van der Waals surface area contributed by atoms with Crippen LogP contribution in [0.1, 0.15) is 57.8 Å². The first kappa shape index (κ1) is 12.0. The number of methoxy groups -OCH3 is 1. The summed E-state index contributed by atoms with van der Waals surface area (Å²) in [5.74, 6) is 2.05. The van der Waals surface area contributed by atoms with E-state index in [0.717, 1.165) is 24.4 Å². The quantitative estimate of drug-likeness (QED) is 0.793. The van der Waals surface area contributed by atoms with Crippen LogP contribution in [0.25, 0.3) is 0 Å². The summed E-state index contributed by atoms with van der Waals surface area (Å²) in [6.45, 7) is 1.09. The van der Waals surface area contributed by atoms with E-state index in [1.807, 2.05) is 7.11 Å². The second-order valence-electron chi connectivity index (χ2n) is 6.51. The van der Waals surface area contributed by atoms with E-state index >= 15 is 0 Å². The van der Waals surface area contributed by atoms with Crippen molar-refractivity contribution >= 4 is 0 Å². The lowest BCUT2D eigenvalue weighted by Crippen LogP contribution is -2.52. The van der Waals surface area contributed by atoms with Crippen LogP contribution in [0.4, 0.5) is 0 Å². The number of hydrogen-bond acceptors (Lipinski definition) is 2. The van der Waals surface area contributed by atoms with Gasteiger partial charge in [-0.15, -0.1) is 0 Å². The van der Waals surface area contributed by atoms with Crippen LogP contribution in [0.2, 0.25) is 0 Å². The maximum atomic E-state index is 5.71. The van der Waals surface area contributed by atoms with E-state index in [4.69, 9.17) is 4.74 Å². The van der Waals surface area contributed by atoms with E-state index in [-0.39, 0.29) is 5.60 Å². The van der Waals surface area contributed by atoms with Crippen LogP contribution < -0.4 is 5.32 Å². The SMILES string of the molecule is COC1(CNC2CCCCC2C2CC2)CCC1. The molecular formula is C15H27NO. The highest BCUT2D eigenvalue weighted by molar-refractivity contribution is 4.96. The molecule has 0 spiro atoms. The average Bonchev–Trinajstić information content (AvgIpc) is 3.13. The van der Waals surface area contributed by atoms with E-state index in [1.165, 1.54) is 57.8 Å². The molecule has 17 heavy (non-hydrogen) atoms. The Morgan fingerprint density at radius 2 is 1.82 bits per heavy atom. The highest BCUT2D eigenvalue weighted by Crippen LogP contribution is 2.44. The van der Waals surface area contributed by atoms with E-state index < -0.39 is 0 Å². The van der Waals surface area contributed by atoms with Crippen LogP contribution in [0.3, 0.4) is 0 Å². The topological polar surface area (TPSA) is 21.3 Å². The third-order valence-electron chi connectivity index (χ3n) is 5.43. The molecule has 1 N–H and O–H groups in total. The molecule has 3 aliphatic rings. The number of ether oxygens (including phenoxy) is 1.